The Bertz CT molecular complexity index is 736. The monoisotopic (exact) mass is 299 g/mol. The lowest BCUT2D eigenvalue weighted by molar-refractivity contribution is -0.116. The molecule has 3 rings (SSSR count). The normalized spacial score (nSPS) is 13.1. The average Bonchev–Trinajstić information content (AvgIpc) is 3.04. The maximum atomic E-state index is 12.0. The Hall–Kier alpha value is -2.63. The molecule has 1 aliphatic rings. The van der Waals surface area contributed by atoms with Gasteiger partial charge in [-0.05, 0) is 31.0 Å². The van der Waals surface area contributed by atoms with Gasteiger partial charge in [0.2, 0.25) is 11.8 Å². The van der Waals surface area contributed by atoms with Gasteiger partial charge in [0.05, 0.1) is 12.1 Å². The summed E-state index contributed by atoms with van der Waals surface area (Å²) >= 11 is 0. The van der Waals surface area contributed by atoms with Crippen molar-refractivity contribution in [2.75, 3.05) is 16.8 Å². The molecule has 2 aromatic rings. The minimum Gasteiger partial charge on any atom is -0.361 e. The maximum absolute atomic E-state index is 12.0. The van der Waals surface area contributed by atoms with E-state index in [1.54, 1.807) is 24.8 Å². The molecule has 0 saturated carbocycles. The van der Waals surface area contributed by atoms with Crippen molar-refractivity contribution in [2.24, 2.45) is 0 Å². The van der Waals surface area contributed by atoms with E-state index in [1.165, 1.54) is 0 Å². The fraction of sp³-hybridized carbons (Fsp3) is 0.312. The zero-order chi connectivity index (χ0) is 15.7. The molecule has 2 heterocycles. The molecule has 1 aromatic heterocycles. The van der Waals surface area contributed by atoms with Gasteiger partial charge in [0.25, 0.3) is 0 Å². The Labute approximate surface area is 128 Å². The number of rotatable bonds is 3. The number of aromatic nitrogens is 1. The van der Waals surface area contributed by atoms with Crippen LogP contribution in [0.5, 0.6) is 0 Å². The molecule has 0 atom stereocenters. The lowest BCUT2D eigenvalue weighted by atomic mass is 10.1. The number of carbonyl (C=O) groups excluding carboxylic acids is 2. The summed E-state index contributed by atoms with van der Waals surface area (Å²) in [6.07, 6.45) is 1.01. The van der Waals surface area contributed by atoms with Crippen molar-refractivity contribution in [2.45, 2.75) is 26.7 Å². The van der Waals surface area contributed by atoms with E-state index in [4.69, 9.17) is 4.52 Å². The molecule has 1 aliphatic heterocycles. The summed E-state index contributed by atoms with van der Waals surface area (Å²) in [5, 5.41) is 6.63. The number of amides is 2. The molecule has 0 spiro atoms. The molecular weight excluding hydrogens is 282 g/mol. The molecule has 114 valence electrons. The van der Waals surface area contributed by atoms with Crippen LogP contribution >= 0.6 is 0 Å². The second-order valence-electron chi connectivity index (χ2n) is 5.42. The van der Waals surface area contributed by atoms with E-state index in [2.05, 4.69) is 10.5 Å². The molecule has 22 heavy (non-hydrogen) atoms. The minimum absolute atomic E-state index is 0.0142. The summed E-state index contributed by atoms with van der Waals surface area (Å²) in [6.45, 7) is 4.03. The first-order valence-corrected chi connectivity index (χ1v) is 7.16. The number of nitrogens with zero attached hydrogens (tertiary/aromatic N) is 2. The van der Waals surface area contributed by atoms with Gasteiger partial charge in [0.15, 0.2) is 0 Å². The van der Waals surface area contributed by atoms with Crippen molar-refractivity contribution >= 4 is 23.2 Å². The molecule has 0 saturated heterocycles. The first kappa shape index (κ1) is 14.3. The minimum atomic E-state index is -0.166. The van der Waals surface area contributed by atoms with Crippen LogP contribution in [0.3, 0.4) is 0 Å². The summed E-state index contributed by atoms with van der Waals surface area (Å²) in [5.74, 6) is 0.526. The topological polar surface area (TPSA) is 75.4 Å². The lowest BCUT2D eigenvalue weighted by Crippen LogP contribution is -2.25. The highest BCUT2D eigenvalue weighted by atomic mass is 16.5. The molecule has 6 nitrogen and oxygen atoms in total. The van der Waals surface area contributed by atoms with Gasteiger partial charge >= 0.3 is 0 Å². The number of nitrogens with one attached hydrogen (secondary N) is 1. The van der Waals surface area contributed by atoms with E-state index in [0.29, 0.717) is 23.7 Å². The first-order chi connectivity index (χ1) is 10.5. The van der Waals surface area contributed by atoms with Crippen LogP contribution in [0.4, 0.5) is 11.4 Å². The van der Waals surface area contributed by atoms with Crippen LogP contribution in [-0.4, -0.2) is 23.5 Å². The van der Waals surface area contributed by atoms with Crippen LogP contribution in [0, 0.1) is 6.92 Å². The Morgan fingerprint density at radius 3 is 2.86 bits per heavy atom. The quantitative estimate of drug-likeness (QED) is 0.941. The third-order valence-corrected chi connectivity index (χ3v) is 3.66. The van der Waals surface area contributed by atoms with Gasteiger partial charge in [-0.15, -0.1) is 0 Å². The van der Waals surface area contributed by atoms with Crippen LogP contribution in [0.1, 0.15) is 23.9 Å². The van der Waals surface area contributed by atoms with E-state index in [-0.39, 0.29) is 18.2 Å². The molecule has 2 amide bonds. The van der Waals surface area contributed by atoms with Gasteiger partial charge in [0, 0.05) is 30.9 Å². The lowest BCUT2D eigenvalue weighted by Gasteiger charge is -2.15. The number of benzene rings is 1. The highest BCUT2D eigenvalue weighted by molar-refractivity contribution is 5.96. The summed E-state index contributed by atoms with van der Waals surface area (Å²) in [6, 6.07) is 7.39. The van der Waals surface area contributed by atoms with Crippen LogP contribution in [0.2, 0.25) is 0 Å². The SMILES string of the molecule is CC(=O)N1CCc2ccc(NC(=O)Cc3cc(C)on3)cc21. The second-order valence-corrected chi connectivity index (χ2v) is 5.42. The molecule has 0 radical (unpaired) electrons. The second kappa shape index (κ2) is 5.63. The van der Waals surface area contributed by atoms with E-state index in [9.17, 15) is 9.59 Å². The fourth-order valence-electron chi connectivity index (χ4n) is 2.66. The van der Waals surface area contributed by atoms with Crippen molar-refractivity contribution in [1.82, 2.24) is 5.16 Å². The average molecular weight is 299 g/mol. The highest BCUT2D eigenvalue weighted by Gasteiger charge is 2.22. The van der Waals surface area contributed by atoms with E-state index < -0.39 is 0 Å². The van der Waals surface area contributed by atoms with E-state index in [0.717, 1.165) is 17.7 Å². The predicted molar refractivity (Wildman–Crippen MR) is 81.7 cm³/mol. The molecule has 6 heteroatoms. The summed E-state index contributed by atoms with van der Waals surface area (Å²) < 4.78 is 4.94. The fourth-order valence-corrected chi connectivity index (χ4v) is 2.66. The predicted octanol–water partition coefficient (Wildman–Crippen LogP) is 2.07. The largest absolute Gasteiger partial charge is 0.361 e. The van der Waals surface area contributed by atoms with Crippen molar-refractivity contribution in [1.29, 1.82) is 0 Å². The summed E-state index contributed by atoms with van der Waals surface area (Å²) in [5.41, 5.74) is 3.28. The highest BCUT2D eigenvalue weighted by Crippen LogP contribution is 2.30. The number of hydrogen-bond acceptors (Lipinski definition) is 4. The summed E-state index contributed by atoms with van der Waals surface area (Å²) in [7, 11) is 0. The van der Waals surface area contributed by atoms with Crippen LogP contribution in [-0.2, 0) is 22.4 Å². The van der Waals surface area contributed by atoms with Gasteiger partial charge in [-0.3, -0.25) is 9.59 Å². The third-order valence-electron chi connectivity index (χ3n) is 3.66. The summed E-state index contributed by atoms with van der Waals surface area (Å²) in [4.78, 5) is 25.4. The van der Waals surface area contributed by atoms with Gasteiger partial charge in [-0.25, -0.2) is 0 Å². The number of carbonyl (C=O) groups is 2. The molecule has 0 unspecified atom stereocenters. The third kappa shape index (κ3) is 2.86. The molecule has 0 fully saturated rings. The first-order valence-electron chi connectivity index (χ1n) is 7.16. The van der Waals surface area contributed by atoms with Crippen molar-refractivity contribution < 1.29 is 14.1 Å². The zero-order valence-electron chi connectivity index (χ0n) is 12.5. The number of aryl methyl sites for hydroxylation is 1. The van der Waals surface area contributed by atoms with Gasteiger partial charge in [-0.2, -0.15) is 0 Å². The van der Waals surface area contributed by atoms with Gasteiger partial charge in [0.1, 0.15) is 5.76 Å². The smallest absolute Gasteiger partial charge is 0.230 e. The van der Waals surface area contributed by atoms with E-state index in [1.807, 2.05) is 18.2 Å². The van der Waals surface area contributed by atoms with E-state index >= 15 is 0 Å². The molecular formula is C16H17N3O3. The van der Waals surface area contributed by atoms with Crippen molar-refractivity contribution in [3.8, 4) is 0 Å². The van der Waals surface area contributed by atoms with Crippen LogP contribution in [0.15, 0.2) is 28.8 Å². The number of fused-ring (bicyclic) bond motifs is 1. The standard InChI is InChI=1S/C16H17N3O3/c1-10-7-14(18-22-10)9-16(21)17-13-4-3-12-5-6-19(11(2)20)15(12)8-13/h3-4,7-8H,5-6,9H2,1-2H3,(H,17,21). The maximum Gasteiger partial charge on any atom is 0.230 e. The number of anilines is 2. The Morgan fingerprint density at radius 1 is 1.36 bits per heavy atom. The Kier molecular flexibility index (Phi) is 3.66. The van der Waals surface area contributed by atoms with Gasteiger partial charge in [-0.1, -0.05) is 11.2 Å². The van der Waals surface area contributed by atoms with Crippen molar-refractivity contribution in [3.05, 3.63) is 41.3 Å². The molecule has 0 bridgehead atoms. The zero-order valence-corrected chi connectivity index (χ0v) is 12.5. The van der Waals surface area contributed by atoms with Gasteiger partial charge < -0.3 is 14.7 Å². The van der Waals surface area contributed by atoms with Crippen LogP contribution in [0.25, 0.3) is 0 Å². The Morgan fingerprint density at radius 2 is 2.18 bits per heavy atom. The molecule has 1 N–H and O–H groups in total. The molecule has 0 aliphatic carbocycles. The number of hydrogen-bond donors (Lipinski definition) is 1. The van der Waals surface area contributed by atoms with Crippen molar-refractivity contribution in [3.63, 3.8) is 0 Å². The van der Waals surface area contributed by atoms with Crippen LogP contribution < -0.4 is 10.2 Å². The Balaban J connectivity index is 1.72. The molecule has 1 aromatic carbocycles.